The Labute approximate surface area is 121 Å². The second kappa shape index (κ2) is 6.34. The van der Waals surface area contributed by atoms with Crippen LogP contribution >= 0.6 is 15.9 Å². The van der Waals surface area contributed by atoms with Crippen molar-refractivity contribution in [3.63, 3.8) is 0 Å². The summed E-state index contributed by atoms with van der Waals surface area (Å²) >= 11 is 3.37. The molecule has 2 rings (SSSR count). The molecule has 1 atom stereocenters. The molecule has 1 aliphatic rings. The van der Waals surface area contributed by atoms with Gasteiger partial charge in [0.15, 0.2) is 0 Å². The molecular formula is C13H18BrN3O2. The Bertz CT molecular complexity index is 430. The number of pyridine rings is 1. The molecule has 0 aliphatic carbocycles. The van der Waals surface area contributed by atoms with Crippen molar-refractivity contribution in [2.45, 2.75) is 13.0 Å². The van der Waals surface area contributed by atoms with E-state index in [1.807, 2.05) is 17.0 Å². The smallest absolute Gasteiger partial charge is 0.251 e. The SMILES string of the molecule is CO[C@H](C)C(=O)N1CCN(c2ccc(Br)cn2)CC1. The van der Waals surface area contributed by atoms with Gasteiger partial charge in [-0.05, 0) is 35.0 Å². The molecule has 1 aliphatic heterocycles. The molecule has 0 unspecified atom stereocenters. The highest BCUT2D eigenvalue weighted by Gasteiger charge is 2.25. The quantitative estimate of drug-likeness (QED) is 0.844. The first kappa shape index (κ1) is 14.3. The molecule has 0 N–H and O–H groups in total. The van der Waals surface area contributed by atoms with Crippen LogP contribution in [0.5, 0.6) is 0 Å². The van der Waals surface area contributed by atoms with Crippen LogP contribution in [0.3, 0.4) is 0 Å². The molecule has 0 bridgehead atoms. The summed E-state index contributed by atoms with van der Waals surface area (Å²) in [6.07, 6.45) is 1.43. The van der Waals surface area contributed by atoms with Crippen molar-refractivity contribution < 1.29 is 9.53 Å². The van der Waals surface area contributed by atoms with Crippen LogP contribution in [0.2, 0.25) is 0 Å². The molecule has 1 saturated heterocycles. The van der Waals surface area contributed by atoms with Gasteiger partial charge in [0, 0.05) is 44.0 Å². The highest BCUT2D eigenvalue weighted by molar-refractivity contribution is 9.10. The number of hydrogen-bond acceptors (Lipinski definition) is 4. The lowest BCUT2D eigenvalue weighted by Gasteiger charge is -2.36. The van der Waals surface area contributed by atoms with E-state index in [4.69, 9.17) is 4.74 Å². The number of anilines is 1. The first-order chi connectivity index (χ1) is 9.11. The minimum absolute atomic E-state index is 0.0610. The van der Waals surface area contributed by atoms with Gasteiger partial charge in [0.2, 0.25) is 0 Å². The number of hydrogen-bond donors (Lipinski definition) is 0. The Balaban J connectivity index is 1.92. The lowest BCUT2D eigenvalue weighted by Crippen LogP contribution is -2.51. The largest absolute Gasteiger partial charge is 0.372 e. The highest BCUT2D eigenvalue weighted by Crippen LogP contribution is 2.16. The van der Waals surface area contributed by atoms with Crippen LogP contribution in [0.4, 0.5) is 5.82 Å². The predicted molar refractivity (Wildman–Crippen MR) is 77.2 cm³/mol. The van der Waals surface area contributed by atoms with Crippen LogP contribution in [0.1, 0.15) is 6.92 Å². The predicted octanol–water partition coefficient (Wildman–Crippen LogP) is 1.53. The van der Waals surface area contributed by atoms with E-state index >= 15 is 0 Å². The number of halogens is 1. The number of rotatable bonds is 3. The minimum Gasteiger partial charge on any atom is -0.372 e. The second-order valence-corrected chi connectivity index (χ2v) is 5.44. The third-order valence-electron chi connectivity index (χ3n) is 3.33. The molecule has 0 saturated carbocycles. The van der Waals surface area contributed by atoms with Gasteiger partial charge in [0.05, 0.1) is 0 Å². The van der Waals surface area contributed by atoms with Gasteiger partial charge in [-0.1, -0.05) is 0 Å². The number of carbonyl (C=O) groups excluding carboxylic acids is 1. The molecule has 104 valence electrons. The number of nitrogens with zero attached hydrogens (tertiary/aromatic N) is 3. The van der Waals surface area contributed by atoms with Crippen LogP contribution in [0, 0.1) is 0 Å². The Kier molecular flexibility index (Phi) is 4.76. The van der Waals surface area contributed by atoms with Crippen LogP contribution < -0.4 is 4.90 Å². The Morgan fingerprint density at radius 1 is 1.37 bits per heavy atom. The van der Waals surface area contributed by atoms with E-state index in [9.17, 15) is 4.79 Å². The number of ether oxygens (including phenoxy) is 1. The summed E-state index contributed by atoms with van der Waals surface area (Å²) < 4.78 is 6.04. The average molecular weight is 328 g/mol. The van der Waals surface area contributed by atoms with Gasteiger partial charge in [0.1, 0.15) is 11.9 Å². The summed E-state index contributed by atoms with van der Waals surface area (Å²) in [5.41, 5.74) is 0. The fraction of sp³-hybridized carbons (Fsp3) is 0.538. The number of methoxy groups -OCH3 is 1. The summed E-state index contributed by atoms with van der Waals surface area (Å²) in [4.78, 5) is 20.4. The van der Waals surface area contributed by atoms with Crippen molar-refractivity contribution in [1.82, 2.24) is 9.88 Å². The third-order valence-corrected chi connectivity index (χ3v) is 3.80. The maximum atomic E-state index is 12.0. The average Bonchev–Trinajstić information content (AvgIpc) is 2.46. The number of piperazine rings is 1. The van der Waals surface area contributed by atoms with Gasteiger partial charge < -0.3 is 14.5 Å². The first-order valence-electron chi connectivity index (χ1n) is 6.30. The van der Waals surface area contributed by atoms with E-state index < -0.39 is 0 Å². The molecule has 1 aromatic heterocycles. The molecule has 0 spiro atoms. The Morgan fingerprint density at radius 2 is 2.05 bits per heavy atom. The lowest BCUT2D eigenvalue weighted by atomic mass is 10.2. The van der Waals surface area contributed by atoms with Crippen LogP contribution in [-0.2, 0) is 9.53 Å². The monoisotopic (exact) mass is 327 g/mol. The first-order valence-corrected chi connectivity index (χ1v) is 7.09. The van der Waals surface area contributed by atoms with E-state index in [1.54, 1.807) is 20.2 Å². The maximum absolute atomic E-state index is 12.0. The molecule has 6 heteroatoms. The number of aromatic nitrogens is 1. The summed E-state index contributed by atoms with van der Waals surface area (Å²) in [5.74, 6) is 1.01. The number of amides is 1. The van der Waals surface area contributed by atoms with Gasteiger partial charge in [-0.3, -0.25) is 4.79 Å². The Hall–Kier alpha value is -1.14. The fourth-order valence-electron chi connectivity index (χ4n) is 2.07. The third kappa shape index (κ3) is 3.45. The fourth-order valence-corrected chi connectivity index (χ4v) is 2.30. The second-order valence-electron chi connectivity index (χ2n) is 4.52. The van der Waals surface area contributed by atoms with E-state index in [2.05, 4.69) is 25.8 Å². The van der Waals surface area contributed by atoms with Crippen LogP contribution in [-0.4, -0.2) is 55.2 Å². The van der Waals surface area contributed by atoms with Gasteiger partial charge >= 0.3 is 0 Å². The molecule has 1 amide bonds. The summed E-state index contributed by atoms with van der Waals surface area (Å²) in [6.45, 7) is 4.81. The Morgan fingerprint density at radius 3 is 2.58 bits per heavy atom. The zero-order valence-electron chi connectivity index (χ0n) is 11.2. The molecule has 2 heterocycles. The summed E-state index contributed by atoms with van der Waals surface area (Å²) in [7, 11) is 1.56. The topological polar surface area (TPSA) is 45.7 Å². The van der Waals surface area contributed by atoms with Gasteiger partial charge in [-0.25, -0.2) is 4.98 Å². The normalized spacial score (nSPS) is 17.4. The molecule has 0 radical (unpaired) electrons. The standard InChI is InChI=1S/C13H18BrN3O2/c1-10(19-2)13(18)17-7-5-16(6-8-17)12-4-3-11(14)9-15-12/h3-4,9-10H,5-8H2,1-2H3/t10-/m1/s1. The van der Waals surface area contributed by atoms with E-state index in [1.165, 1.54) is 0 Å². The zero-order valence-corrected chi connectivity index (χ0v) is 12.8. The number of carbonyl (C=O) groups is 1. The van der Waals surface area contributed by atoms with Crippen molar-refractivity contribution in [2.75, 3.05) is 38.2 Å². The molecule has 19 heavy (non-hydrogen) atoms. The van der Waals surface area contributed by atoms with Gasteiger partial charge in [-0.15, -0.1) is 0 Å². The minimum atomic E-state index is -0.364. The summed E-state index contributed by atoms with van der Waals surface area (Å²) in [6, 6.07) is 3.96. The van der Waals surface area contributed by atoms with Gasteiger partial charge in [0.25, 0.3) is 5.91 Å². The van der Waals surface area contributed by atoms with Crippen LogP contribution in [0.25, 0.3) is 0 Å². The maximum Gasteiger partial charge on any atom is 0.251 e. The van der Waals surface area contributed by atoms with Gasteiger partial charge in [-0.2, -0.15) is 0 Å². The van der Waals surface area contributed by atoms with Crippen molar-refractivity contribution in [2.24, 2.45) is 0 Å². The zero-order chi connectivity index (χ0) is 13.8. The van der Waals surface area contributed by atoms with Crippen LogP contribution in [0.15, 0.2) is 22.8 Å². The molecule has 1 fully saturated rings. The van der Waals surface area contributed by atoms with Crippen molar-refractivity contribution >= 4 is 27.7 Å². The molecule has 1 aromatic rings. The molecule has 5 nitrogen and oxygen atoms in total. The molecular weight excluding hydrogens is 310 g/mol. The van der Waals surface area contributed by atoms with E-state index in [-0.39, 0.29) is 12.0 Å². The lowest BCUT2D eigenvalue weighted by molar-refractivity contribution is -0.141. The highest BCUT2D eigenvalue weighted by atomic mass is 79.9. The van der Waals surface area contributed by atoms with E-state index in [0.29, 0.717) is 13.1 Å². The molecule has 0 aromatic carbocycles. The van der Waals surface area contributed by atoms with Crippen molar-refractivity contribution in [3.05, 3.63) is 22.8 Å². The van der Waals surface area contributed by atoms with Crippen molar-refractivity contribution in [1.29, 1.82) is 0 Å². The van der Waals surface area contributed by atoms with E-state index in [0.717, 1.165) is 23.4 Å². The summed E-state index contributed by atoms with van der Waals surface area (Å²) in [5, 5.41) is 0. The van der Waals surface area contributed by atoms with Crippen molar-refractivity contribution in [3.8, 4) is 0 Å².